The van der Waals surface area contributed by atoms with Crippen LogP contribution >= 0.6 is 7.29 Å². The summed E-state index contributed by atoms with van der Waals surface area (Å²) >= 11 is 0. The number of amides is 1. The van der Waals surface area contributed by atoms with Crippen molar-refractivity contribution in [1.82, 2.24) is 4.67 Å². The fourth-order valence-electron chi connectivity index (χ4n) is 4.64. The molecule has 2 atom stereocenters. The SMILES string of the molecule is O=C1C[C@H]2Cc3ccccc3[C@H]2N1P(=O)(c1ccccc1)c1ccccc1. The molecule has 3 aromatic rings. The van der Waals surface area contributed by atoms with Crippen LogP contribution in [0, 0.1) is 5.92 Å². The number of fused-ring (bicyclic) bond motifs is 3. The molecule has 5 rings (SSSR count). The van der Waals surface area contributed by atoms with Crippen LogP contribution in [0.1, 0.15) is 23.6 Å². The van der Waals surface area contributed by atoms with E-state index in [2.05, 4.69) is 12.1 Å². The Balaban J connectivity index is 1.73. The predicted octanol–water partition coefficient (Wildman–Crippen LogP) is 4.06. The zero-order chi connectivity index (χ0) is 18.4. The highest BCUT2D eigenvalue weighted by molar-refractivity contribution is 7.77. The van der Waals surface area contributed by atoms with Crippen LogP contribution < -0.4 is 10.6 Å². The molecule has 0 aromatic heterocycles. The van der Waals surface area contributed by atoms with Gasteiger partial charge in [0.1, 0.15) is 0 Å². The standard InChI is InChI=1S/C23H20NO2P/c25-22-16-18-15-17-9-7-8-14-21(17)23(18)24(22)27(26,19-10-3-1-4-11-19)20-12-5-2-6-13-20/h1-14,18,23H,15-16H2/t18-,23+/m1/s1. The molecule has 1 amide bonds. The van der Waals surface area contributed by atoms with Crippen molar-refractivity contribution in [2.75, 3.05) is 0 Å². The summed E-state index contributed by atoms with van der Waals surface area (Å²) in [7, 11) is -3.27. The third-order valence-corrected chi connectivity index (χ3v) is 8.85. The van der Waals surface area contributed by atoms with Crippen molar-refractivity contribution in [1.29, 1.82) is 0 Å². The van der Waals surface area contributed by atoms with Gasteiger partial charge in [-0.05, 0) is 47.7 Å². The van der Waals surface area contributed by atoms with E-state index in [1.54, 1.807) is 4.67 Å². The van der Waals surface area contributed by atoms with Crippen LogP contribution in [0.15, 0.2) is 84.9 Å². The number of hydrogen-bond acceptors (Lipinski definition) is 2. The van der Waals surface area contributed by atoms with Gasteiger partial charge in [-0.1, -0.05) is 60.7 Å². The average molecular weight is 373 g/mol. The summed E-state index contributed by atoms with van der Waals surface area (Å²) in [6, 6.07) is 27.1. The second kappa shape index (κ2) is 6.21. The lowest BCUT2D eigenvalue weighted by Gasteiger charge is -2.34. The smallest absolute Gasteiger partial charge is 0.232 e. The van der Waals surface area contributed by atoms with Gasteiger partial charge in [-0.2, -0.15) is 0 Å². The highest BCUT2D eigenvalue weighted by atomic mass is 31.2. The number of benzene rings is 3. The quantitative estimate of drug-likeness (QED) is 0.650. The van der Waals surface area contributed by atoms with Gasteiger partial charge in [-0.15, -0.1) is 0 Å². The topological polar surface area (TPSA) is 37.4 Å². The van der Waals surface area contributed by atoms with Crippen molar-refractivity contribution >= 4 is 23.8 Å². The molecule has 0 spiro atoms. The molecular weight excluding hydrogens is 353 g/mol. The van der Waals surface area contributed by atoms with Gasteiger partial charge in [0, 0.05) is 17.0 Å². The number of carbonyl (C=O) groups is 1. The van der Waals surface area contributed by atoms with Gasteiger partial charge in [0.25, 0.3) is 0 Å². The average Bonchev–Trinajstić information content (AvgIpc) is 3.23. The molecular formula is C23H20NO2P. The number of carbonyl (C=O) groups excluding carboxylic acids is 1. The van der Waals surface area contributed by atoms with Crippen LogP contribution in [0.2, 0.25) is 0 Å². The van der Waals surface area contributed by atoms with Gasteiger partial charge >= 0.3 is 0 Å². The molecule has 27 heavy (non-hydrogen) atoms. The van der Waals surface area contributed by atoms with E-state index in [1.807, 2.05) is 72.8 Å². The zero-order valence-electron chi connectivity index (χ0n) is 14.9. The summed E-state index contributed by atoms with van der Waals surface area (Å²) in [5, 5.41) is 1.43. The van der Waals surface area contributed by atoms with Gasteiger partial charge in [0.2, 0.25) is 13.2 Å². The zero-order valence-corrected chi connectivity index (χ0v) is 15.8. The Morgan fingerprint density at radius 2 is 1.30 bits per heavy atom. The van der Waals surface area contributed by atoms with Crippen LogP contribution in [0.4, 0.5) is 0 Å². The first-order chi connectivity index (χ1) is 13.2. The first kappa shape index (κ1) is 16.5. The number of nitrogens with zero attached hydrogens (tertiary/aromatic N) is 1. The maximum absolute atomic E-state index is 14.7. The molecule has 2 aliphatic rings. The van der Waals surface area contributed by atoms with Crippen molar-refractivity contribution in [3.8, 4) is 0 Å². The van der Waals surface area contributed by atoms with Crippen molar-refractivity contribution < 1.29 is 9.36 Å². The molecule has 3 aromatic carbocycles. The van der Waals surface area contributed by atoms with Crippen LogP contribution in [-0.2, 0) is 15.8 Å². The third-order valence-electron chi connectivity index (χ3n) is 5.77. The minimum absolute atomic E-state index is 0.00413. The maximum atomic E-state index is 14.7. The molecule has 4 heteroatoms. The van der Waals surface area contributed by atoms with E-state index < -0.39 is 7.29 Å². The van der Waals surface area contributed by atoms with Gasteiger partial charge in [0.15, 0.2) is 0 Å². The highest BCUT2D eigenvalue weighted by Gasteiger charge is 2.53. The molecule has 0 radical (unpaired) electrons. The monoisotopic (exact) mass is 373 g/mol. The summed E-state index contributed by atoms with van der Waals surface area (Å²) in [6.07, 6.45) is 1.34. The normalized spacial score (nSPS) is 21.2. The van der Waals surface area contributed by atoms with Crippen LogP contribution in [0.5, 0.6) is 0 Å². The van der Waals surface area contributed by atoms with Gasteiger partial charge in [-0.3, -0.25) is 14.0 Å². The van der Waals surface area contributed by atoms with Crippen LogP contribution in [0.25, 0.3) is 0 Å². The summed E-state index contributed by atoms with van der Waals surface area (Å²) in [5.74, 6) is 0.200. The van der Waals surface area contributed by atoms with Crippen molar-refractivity contribution in [3.05, 3.63) is 96.1 Å². The predicted molar refractivity (Wildman–Crippen MR) is 108 cm³/mol. The lowest BCUT2D eigenvalue weighted by Crippen LogP contribution is -2.35. The Hall–Kier alpha value is -2.64. The fourth-order valence-corrected chi connectivity index (χ4v) is 7.64. The Morgan fingerprint density at radius 3 is 1.93 bits per heavy atom. The molecule has 1 saturated heterocycles. The Labute approximate surface area is 159 Å². The minimum Gasteiger partial charge on any atom is -0.290 e. The molecule has 0 bridgehead atoms. The number of hydrogen-bond donors (Lipinski definition) is 0. The van der Waals surface area contributed by atoms with Crippen molar-refractivity contribution in [3.63, 3.8) is 0 Å². The second-order valence-corrected chi connectivity index (χ2v) is 9.91. The summed E-state index contributed by atoms with van der Waals surface area (Å²) in [6.45, 7) is 0. The van der Waals surface area contributed by atoms with Crippen LogP contribution in [-0.4, -0.2) is 10.6 Å². The molecule has 1 fully saturated rings. The van der Waals surface area contributed by atoms with Gasteiger partial charge < -0.3 is 0 Å². The molecule has 1 aliphatic carbocycles. The van der Waals surface area contributed by atoms with E-state index in [4.69, 9.17) is 0 Å². The maximum Gasteiger partial charge on any atom is 0.232 e. The highest BCUT2D eigenvalue weighted by Crippen LogP contribution is 2.60. The summed E-state index contributed by atoms with van der Waals surface area (Å²) in [4.78, 5) is 13.1. The second-order valence-electron chi connectivity index (χ2n) is 7.30. The molecule has 3 nitrogen and oxygen atoms in total. The van der Waals surface area contributed by atoms with Gasteiger partial charge in [-0.25, -0.2) is 0 Å². The van der Waals surface area contributed by atoms with E-state index in [0.717, 1.165) is 22.6 Å². The van der Waals surface area contributed by atoms with Crippen molar-refractivity contribution in [2.24, 2.45) is 5.92 Å². The first-order valence-electron chi connectivity index (χ1n) is 9.31. The molecule has 1 heterocycles. The molecule has 0 N–H and O–H groups in total. The summed E-state index contributed by atoms with van der Waals surface area (Å²) < 4.78 is 16.4. The van der Waals surface area contributed by atoms with Crippen LogP contribution in [0.3, 0.4) is 0 Å². The largest absolute Gasteiger partial charge is 0.290 e. The Bertz CT molecular complexity index is 1000. The fraction of sp³-hybridized carbons (Fsp3) is 0.174. The molecule has 1 aliphatic heterocycles. The summed E-state index contributed by atoms with van der Waals surface area (Å²) in [5.41, 5.74) is 2.43. The van der Waals surface area contributed by atoms with Gasteiger partial charge in [0.05, 0.1) is 6.04 Å². The Morgan fingerprint density at radius 1 is 0.741 bits per heavy atom. The Kier molecular flexibility index (Phi) is 3.80. The lowest BCUT2D eigenvalue weighted by atomic mass is 10.0. The molecule has 134 valence electrons. The van der Waals surface area contributed by atoms with E-state index in [1.165, 1.54) is 5.56 Å². The van der Waals surface area contributed by atoms with E-state index in [-0.39, 0.29) is 17.9 Å². The number of rotatable bonds is 3. The lowest BCUT2D eigenvalue weighted by molar-refractivity contribution is -0.124. The van der Waals surface area contributed by atoms with Crippen molar-refractivity contribution in [2.45, 2.75) is 18.9 Å². The first-order valence-corrected chi connectivity index (χ1v) is 11.0. The minimum atomic E-state index is -3.27. The van der Waals surface area contributed by atoms with E-state index in [9.17, 15) is 9.36 Å². The van der Waals surface area contributed by atoms with E-state index in [0.29, 0.717) is 6.42 Å². The van der Waals surface area contributed by atoms with E-state index >= 15 is 0 Å². The molecule has 0 saturated carbocycles. The third kappa shape index (κ3) is 2.42. The molecule has 0 unspecified atom stereocenters.